The van der Waals surface area contributed by atoms with Crippen molar-refractivity contribution in [1.82, 2.24) is 4.98 Å². The van der Waals surface area contributed by atoms with Gasteiger partial charge in [0.1, 0.15) is 0 Å². The second kappa shape index (κ2) is 4.70. The fraction of sp³-hybridized carbons (Fsp3) is 0.400. The molecule has 0 N–H and O–H groups in total. The third-order valence-corrected chi connectivity index (χ3v) is 2.34. The van der Waals surface area contributed by atoms with Gasteiger partial charge in [0, 0.05) is 10.7 Å². The van der Waals surface area contributed by atoms with Crippen LogP contribution in [-0.2, 0) is 15.2 Å². The summed E-state index contributed by atoms with van der Waals surface area (Å²) in [6.45, 7) is 2.92. The van der Waals surface area contributed by atoms with Crippen molar-refractivity contribution >= 4 is 21.9 Å². The minimum atomic E-state index is -2.20. The number of hydrogen-bond donors (Lipinski definition) is 0. The second-order valence-electron chi connectivity index (χ2n) is 3.09. The van der Waals surface area contributed by atoms with Gasteiger partial charge in [-0.2, -0.15) is 0 Å². The van der Waals surface area contributed by atoms with E-state index in [4.69, 9.17) is 0 Å². The zero-order valence-electron chi connectivity index (χ0n) is 8.46. The van der Waals surface area contributed by atoms with E-state index in [9.17, 15) is 9.18 Å². The Morgan fingerprint density at radius 2 is 2.33 bits per heavy atom. The first-order valence-corrected chi connectivity index (χ1v) is 5.26. The van der Waals surface area contributed by atoms with Crippen LogP contribution in [-0.4, -0.2) is 17.6 Å². The number of carbonyl (C=O) groups is 1. The molecular weight excluding hydrogens is 265 g/mol. The van der Waals surface area contributed by atoms with Crippen LogP contribution >= 0.6 is 15.9 Å². The molecule has 0 spiro atoms. The van der Waals surface area contributed by atoms with Crippen LogP contribution in [0.4, 0.5) is 4.39 Å². The van der Waals surface area contributed by atoms with Gasteiger partial charge >= 0.3 is 5.97 Å². The van der Waals surface area contributed by atoms with Crippen molar-refractivity contribution in [3.8, 4) is 0 Å². The van der Waals surface area contributed by atoms with Crippen molar-refractivity contribution in [2.45, 2.75) is 19.5 Å². The topological polar surface area (TPSA) is 39.2 Å². The number of halogens is 2. The van der Waals surface area contributed by atoms with Crippen LogP contribution in [0.1, 0.15) is 19.5 Å². The molecule has 0 saturated heterocycles. The Kier molecular flexibility index (Phi) is 3.79. The summed E-state index contributed by atoms with van der Waals surface area (Å²) in [7, 11) is 0. The minimum absolute atomic E-state index is 0.0455. The van der Waals surface area contributed by atoms with Crippen LogP contribution in [0.15, 0.2) is 22.8 Å². The summed E-state index contributed by atoms with van der Waals surface area (Å²) >= 11 is 3.18. The van der Waals surface area contributed by atoms with Crippen LogP contribution in [0.3, 0.4) is 0 Å². The highest BCUT2D eigenvalue weighted by atomic mass is 79.9. The maximum absolute atomic E-state index is 14.0. The monoisotopic (exact) mass is 275 g/mol. The van der Waals surface area contributed by atoms with Crippen LogP contribution in [0.2, 0.25) is 0 Å². The van der Waals surface area contributed by atoms with E-state index in [-0.39, 0.29) is 12.3 Å². The molecule has 0 bridgehead atoms. The molecule has 1 unspecified atom stereocenters. The van der Waals surface area contributed by atoms with E-state index in [2.05, 4.69) is 25.7 Å². The number of nitrogens with zero attached hydrogens (tertiary/aromatic N) is 1. The molecule has 5 heteroatoms. The standard InChI is InChI=1S/C10H11BrFNO2/c1-3-15-9(14)10(2,12)8-5-4-7(11)6-13-8/h4-6H,3H2,1-2H3. The Balaban J connectivity index is 2.94. The molecule has 0 fully saturated rings. The summed E-state index contributed by atoms with van der Waals surface area (Å²) in [5.41, 5.74) is -2.15. The van der Waals surface area contributed by atoms with Gasteiger partial charge < -0.3 is 4.74 Å². The number of pyridine rings is 1. The predicted octanol–water partition coefficient (Wildman–Crippen LogP) is 2.59. The van der Waals surface area contributed by atoms with Gasteiger partial charge in [0.2, 0.25) is 5.67 Å². The van der Waals surface area contributed by atoms with Crippen molar-refractivity contribution in [3.63, 3.8) is 0 Å². The van der Waals surface area contributed by atoms with Crippen LogP contribution in [0, 0.1) is 0 Å². The highest BCUT2D eigenvalue weighted by Crippen LogP contribution is 2.26. The summed E-state index contributed by atoms with van der Waals surface area (Å²) in [5.74, 6) is -0.917. The highest BCUT2D eigenvalue weighted by Gasteiger charge is 2.38. The van der Waals surface area contributed by atoms with Gasteiger partial charge in [-0.1, -0.05) is 0 Å². The van der Waals surface area contributed by atoms with Gasteiger partial charge in [-0.15, -0.1) is 0 Å². The number of rotatable bonds is 3. The third-order valence-electron chi connectivity index (χ3n) is 1.87. The Morgan fingerprint density at radius 1 is 1.67 bits per heavy atom. The van der Waals surface area contributed by atoms with Gasteiger partial charge in [0.05, 0.1) is 12.3 Å². The SMILES string of the molecule is CCOC(=O)C(C)(F)c1ccc(Br)cn1. The molecule has 0 amide bonds. The molecule has 1 heterocycles. The van der Waals surface area contributed by atoms with Crippen LogP contribution in [0.25, 0.3) is 0 Å². The van der Waals surface area contributed by atoms with Gasteiger partial charge in [-0.25, -0.2) is 9.18 Å². The van der Waals surface area contributed by atoms with E-state index in [0.717, 1.165) is 11.4 Å². The van der Waals surface area contributed by atoms with Crippen LogP contribution in [0.5, 0.6) is 0 Å². The normalized spacial score (nSPS) is 14.4. The van der Waals surface area contributed by atoms with E-state index in [1.165, 1.54) is 12.3 Å². The Hall–Kier alpha value is -0.970. The van der Waals surface area contributed by atoms with Gasteiger partial charge in [0.15, 0.2) is 0 Å². The molecule has 0 aliphatic heterocycles. The Bertz CT molecular complexity index is 351. The molecule has 1 rings (SSSR count). The van der Waals surface area contributed by atoms with E-state index < -0.39 is 11.6 Å². The minimum Gasteiger partial charge on any atom is -0.463 e. The first-order chi connectivity index (χ1) is 6.98. The fourth-order valence-electron chi connectivity index (χ4n) is 1.02. The van der Waals surface area contributed by atoms with Crippen molar-refractivity contribution < 1.29 is 13.9 Å². The molecule has 0 radical (unpaired) electrons. The Labute approximate surface area is 95.8 Å². The van der Waals surface area contributed by atoms with Gasteiger partial charge in [-0.05, 0) is 41.9 Å². The Morgan fingerprint density at radius 3 is 2.80 bits per heavy atom. The number of hydrogen-bond acceptors (Lipinski definition) is 3. The average Bonchev–Trinajstić information content (AvgIpc) is 2.18. The zero-order valence-corrected chi connectivity index (χ0v) is 10.0. The van der Waals surface area contributed by atoms with Crippen molar-refractivity contribution in [1.29, 1.82) is 0 Å². The third kappa shape index (κ3) is 2.75. The lowest BCUT2D eigenvalue weighted by atomic mass is 10.0. The van der Waals surface area contributed by atoms with Crippen molar-refractivity contribution in [3.05, 3.63) is 28.5 Å². The largest absolute Gasteiger partial charge is 0.463 e. The second-order valence-corrected chi connectivity index (χ2v) is 4.00. The maximum atomic E-state index is 14.0. The number of alkyl halides is 1. The highest BCUT2D eigenvalue weighted by molar-refractivity contribution is 9.10. The molecule has 0 aliphatic rings. The lowest BCUT2D eigenvalue weighted by Crippen LogP contribution is -2.30. The number of carbonyl (C=O) groups excluding carboxylic acids is 1. The number of aromatic nitrogens is 1. The molecule has 82 valence electrons. The first kappa shape index (κ1) is 12.1. The van der Waals surface area contributed by atoms with E-state index in [1.807, 2.05) is 0 Å². The molecule has 1 aromatic rings. The van der Waals surface area contributed by atoms with E-state index >= 15 is 0 Å². The molecule has 3 nitrogen and oxygen atoms in total. The molecule has 1 aromatic heterocycles. The lowest BCUT2D eigenvalue weighted by Gasteiger charge is -2.17. The number of ether oxygens (including phenoxy) is 1. The van der Waals surface area contributed by atoms with E-state index in [0.29, 0.717) is 0 Å². The van der Waals surface area contributed by atoms with Gasteiger partial charge in [0.25, 0.3) is 0 Å². The van der Waals surface area contributed by atoms with Crippen molar-refractivity contribution in [2.24, 2.45) is 0 Å². The quantitative estimate of drug-likeness (QED) is 0.796. The lowest BCUT2D eigenvalue weighted by molar-refractivity contribution is -0.157. The summed E-state index contributed by atoms with van der Waals surface area (Å²) in [5, 5.41) is 0. The molecule has 15 heavy (non-hydrogen) atoms. The summed E-state index contributed by atoms with van der Waals surface area (Å²) in [6.07, 6.45) is 1.44. The fourth-order valence-corrected chi connectivity index (χ4v) is 1.26. The zero-order chi connectivity index (χ0) is 11.5. The molecule has 0 aromatic carbocycles. The van der Waals surface area contributed by atoms with Gasteiger partial charge in [-0.3, -0.25) is 4.98 Å². The maximum Gasteiger partial charge on any atom is 0.349 e. The molecule has 0 saturated carbocycles. The smallest absolute Gasteiger partial charge is 0.349 e. The molecule has 1 atom stereocenters. The number of esters is 1. The summed E-state index contributed by atoms with van der Waals surface area (Å²) in [4.78, 5) is 15.1. The summed E-state index contributed by atoms with van der Waals surface area (Å²) in [6, 6.07) is 3.07. The van der Waals surface area contributed by atoms with Crippen molar-refractivity contribution in [2.75, 3.05) is 6.61 Å². The predicted molar refractivity (Wildman–Crippen MR) is 57.0 cm³/mol. The average molecular weight is 276 g/mol. The van der Waals surface area contributed by atoms with Crippen LogP contribution < -0.4 is 0 Å². The van der Waals surface area contributed by atoms with E-state index in [1.54, 1.807) is 13.0 Å². The molecular formula is C10H11BrFNO2. The summed E-state index contributed by atoms with van der Waals surface area (Å²) < 4.78 is 19.3. The first-order valence-electron chi connectivity index (χ1n) is 4.46. The molecule has 0 aliphatic carbocycles.